The predicted molar refractivity (Wildman–Crippen MR) is 117 cm³/mol. The summed E-state index contributed by atoms with van der Waals surface area (Å²) in [5, 5.41) is 12.7. The van der Waals surface area contributed by atoms with E-state index in [9.17, 15) is 14.0 Å². The maximum atomic E-state index is 14.0. The molecule has 0 saturated carbocycles. The van der Waals surface area contributed by atoms with E-state index in [1.165, 1.54) is 25.5 Å². The lowest BCUT2D eigenvalue weighted by molar-refractivity contribution is 0.0600. The first kappa shape index (κ1) is 22.4. The second-order valence-electron chi connectivity index (χ2n) is 7.16. The number of methoxy groups -OCH3 is 1. The van der Waals surface area contributed by atoms with E-state index in [-0.39, 0.29) is 11.1 Å². The number of rotatable bonds is 5. The first-order chi connectivity index (χ1) is 15.3. The Bertz CT molecular complexity index is 1290. The van der Waals surface area contributed by atoms with Gasteiger partial charge in [0.25, 0.3) is 5.91 Å². The molecule has 8 heteroatoms. The summed E-state index contributed by atoms with van der Waals surface area (Å²) in [4.78, 5) is 24.0. The van der Waals surface area contributed by atoms with Crippen LogP contribution in [0.2, 0.25) is 0 Å². The highest BCUT2D eigenvalue weighted by atomic mass is 19.1. The van der Waals surface area contributed by atoms with Crippen LogP contribution in [0.4, 0.5) is 4.39 Å². The molecule has 0 aliphatic rings. The van der Waals surface area contributed by atoms with Crippen LogP contribution in [0.5, 0.6) is 0 Å². The summed E-state index contributed by atoms with van der Waals surface area (Å²) >= 11 is 0. The van der Waals surface area contributed by atoms with Crippen molar-refractivity contribution in [3.05, 3.63) is 87.5 Å². The number of carbonyl (C=O) groups excluding carboxylic acids is 2. The highest BCUT2D eigenvalue weighted by molar-refractivity contribution is 5.95. The number of aryl methyl sites for hydroxylation is 2. The number of halogens is 1. The number of hydrazone groups is 1. The molecule has 0 radical (unpaired) electrons. The fourth-order valence-electron chi connectivity index (χ4n) is 3.43. The third-order valence-electron chi connectivity index (χ3n) is 5.04. The zero-order valence-electron chi connectivity index (χ0n) is 18.1. The average molecular weight is 432 g/mol. The summed E-state index contributed by atoms with van der Waals surface area (Å²) in [6.07, 6.45) is 1.48. The Balaban J connectivity index is 1.82. The molecular formula is C24H21FN4O3. The maximum absolute atomic E-state index is 14.0. The van der Waals surface area contributed by atoms with E-state index in [0.29, 0.717) is 5.56 Å². The van der Waals surface area contributed by atoms with Gasteiger partial charge < -0.3 is 9.30 Å². The summed E-state index contributed by atoms with van der Waals surface area (Å²) < 4.78 is 20.8. The van der Waals surface area contributed by atoms with Gasteiger partial charge in [-0.05, 0) is 68.8 Å². The Labute approximate surface area is 184 Å². The Kier molecular flexibility index (Phi) is 6.50. The van der Waals surface area contributed by atoms with Crippen molar-refractivity contribution in [2.24, 2.45) is 5.10 Å². The van der Waals surface area contributed by atoms with Gasteiger partial charge in [0.05, 0.1) is 36.1 Å². The van der Waals surface area contributed by atoms with E-state index in [1.54, 1.807) is 12.1 Å². The highest BCUT2D eigenvalue weighted by Crippen LogP contribution is 2.23. The number of amides is 1. The van der Waals surface area contributed by atoms with Crippen LogP contribution in [0.1, 0.15) is 48.8 Å². The van der Waals surface area contributed by atoms with Crippen LogP contribution in [0.15, 0.2) is 47.6 Å². The van der Waals surface area contributed by atoms with Crippen LogP contribution in [0.25, 0.3) is 5.69 Å². The van der Waals surface area contributed by atoms with Crippen molar-refractivity contribution in [1.29, 1.82) is 5.26 Å². The van der Waals surface area contributed by atoms with Gasteiger partial charge >= 0.3 is 5.97 Å². The zero-order valence-corrected chi connectivity index (χ0v) is 18.1. The third-order valence-corrected chi connectivity index (χ3v) is 5.04. The average Bonchev–Trinajstić information content (AvgIpc) is 3.05. The van der Waals surface area contributed by atoms with E-state index < -0.39 is 17.7 Å². The molecular weight excluding hydrogens is 411 g/mol. The second kappa shape index (κ2) is 9.27. The van der Waals surface area contributed by atoms with Crippen LogP contribution in [-0.4, -0.2) is 29.8 Å². The van der Waals surface area contributed by atoms with Gasteiger partial charge in [0.2, 0.25) is 0 Å². The van der Waals surface area contributed by atoms with Crippen molar-refractivity contribution in [3.8, 4) is 11.8 Å². The lowest BCUT2D eigenvalue weighted by Gasteiger charge is -2.13. The smallest absolute Gasteiger partial charge is 0.337 e. The van der Waals surface area contributed by atoms with Crippen molar-refractivity contribution >= 4 is 18.1 Å². The van der Waals surface area contributed by atoms with Gasteiger partial charge in [0.15, 0.2) is 0 Å². The summed E-state index contributed by atoms with van der Waals surface area (Å²) in [5.41, 5.74) is 7.06. The normalized spacial score (nSPS) is 10.8. The first-order valence-corrected chi connectivity index (χ1v) is 9.68. The van der Waals surface area contributed by atoms with Gasteiger partial charge in [-0.25, -0.2) is 14.6 Å². The monoisotopic (exact) mass is 432 g/mol. The molecule has 162 valence electrons. The Morgan fingerprint density at radius 2 is 1.91 bits per heavy atom. The number of ether oxygens (including phenoxy) is 1. The zero-order chi connectivity index (χ0) is 23.4. The molecule has 0 saturated heterocycles. The number of benzene rings is 2. The van der Waals surface area contributed by atoms with Crippen molar-refractivity contribution in [3.63, 3.8) is 0 Å². The van der Waals surface area contributed by atoms with Crippen LogP contribution in [0.3, 0.4) is 0 Å². The number of aromatic nitrogens is 1. The summed E-state index contributed by atoms with van der Waals surface area (Å²) in [6.45, 7) is 5.74. The lowest BCUT2D eigenvalue weighted by Crippen LogP contribution is -2.19. The number of carbonyl (C=O) groups is 2. The fraction of sp³-hybridized carbons (Fsp3) is 0.167. The Hall–Kier alpha value is -4.25. The SMILES string of the molecule is COC(=O)c1ccc(-n2c(C)cc(/C=N\NC(=O)c3ccc(C#N)cc3F)c2C)c(C)c1. The third kappa shape index (κ3) is 4.42. The van der Waals surface area contributed by atoms with Crippen LogP contribution < -0.4 is 5.43 Å². The van der Waals surface area contributed by atoms with Crippen molar-refractivity contribution in [2.75, 3.05) is 7.11 Å². The molecule has 0 atom stereocenters. The summed E-state index contributed by atoms with van der Waals surface area (Å²) in [5.74, 6) is -1.91. The largest absolute Gasteiger partial charge is 0.465 e. The van der Waals surface area contributed by atoms with E-state index in [4.69, 9.17) is 10.00 Å². The molecule has 2 aromatic carbocycles. The fourth-order valence-corrected chi connectivity index (χ4v) is 3.43. The first-order valence-electron chi connectivity index (χ1n) is 9.68. The summed E-state index contributed by atoms with van der Waals surface area (Å²) in [6, 6.07) is 12.6. The molecule has 0 bridgehead atoms. The van der Waals surface area contributed by atoms with Crippen LogP contribution >= 0.6 is 0 Å². The standard InChI is InChI=1S/C24H21FN4O3/c1-14-9-18(24(31)32-4)6-8-22(14)29-15(2)10-19(16(29)3)13-27-28-23(30)20-7-5-17(12-26)11-21(20)25/h5-11,13H,1-4H3,(H,28,30)/b27-13-. The van der Waals surface area contributed by atoms with Gasteiger partial charge in [-0.2, -0.15) is 10.4 Å². The van der Waals surface area contributed by atoms with Crippen LogP contribution in [0, 0.1) is 37.9 Å². The van der Waals surface area contributed by atoms with Gasteiger partial charge in [-0.3, -0.25) is 4.79 Å². The van der Waals surface area contributed by atoms with Crippen molar-refractivity contribution in [1.82, 2.24) is 9.99 Å². The maximum Gasteiger partial charge on any atom is 0.337 e. The molecule has 3 rings (SSSR count). The Morgan fingerprint density at radius 3 is 2.53 bits per heavy atom. The molecule has 1 amide bonds. The van der Waals surface area contributed by atoms with E-state index >= 15 is 0 Å². The van der Waals surface area contributed by atoms with Gasteiger partial charge in [0, 0.05) is 22.6 Å². The van der Waals surface area contributed by atoms with Gasteiger partial charge in [-0.15, -0.1) is 0 Å². The molecule has 7 nitrogen and oxygen atoms in total. The minimum Gasteiger partial charge on any atom is -0.465 e. The molecule has 0 unspecified atom stereocenters. The molecule has 1 heterocycles. The van der Waals surface area contributed by atoms with Gasteiger partial charge in [-0.1, -0.05) is 0 Å². The number of nitrogens with one attached hydrogen (secondary N) is 1. The minimum absolute atomic E-state index is 0.130. The number of esters is 1. The molecule has 0 fully saturated rings. The molecule has 1 aromatic heterocycles. The lowest BCUT2D eigenvalue weighted by atomic mass is 10.1. The molecule has 32 heavy (non-hydrogen) atoms. The van der Waals surface area contributed by atoms with E-state index in [2.05, 4.69) is 10.5 Å². The summed E-state index contributed by atoms with van der Waals surface area (Å²) in [7, 11) is 1.34. The minimum atomic E-state index is -0.791. The molecule has 1 N–H and O–H groups in total. The highest BCUT2D eigenvalue weighted by Gasteiger charge is 2.15. The van der Waals surface area contributed by atoms with E-state index in [1.807, 2.05) is 43.5 Å². The number of hydrogen-bond donors (Lipinski definition) is 1. The van der Waals surface area contributed by atoms with Gasteiger partial charge in [0.1, 0.15) is 5.82 Å². The number of nitriles is 1. The molecule has 0 aliphatic carbocycles. The topological polar surface area (TPSA) is 96.5 Å². The van der Waals surface area contributed by atoms with Crippen LogP contribution in [-0.2, 0) is 4.74 Å². The predicted octanol–water partition coefficient (Wildman–Crippen LogP) is 3.96. The number of nitrogens with zero attached hydrogens (tertiary/aromatic N) is 3. The number of hydrogen-bond acceptors (Lipinski definition) is 5. The van der Waals surface area contributed by atoms with E-state index in [0.717, 1.165) is 34.3 Å². The molecule has 3 aromatic rings. The second-order valence-corrected chi connectivity index (χ2v) is 7.16. The van der Waals surface area contributed by atoms with Crippen molar-refractivity contribution in [2.45, 2.75) is 20.8 Å². The molecule has 0 spiro atoms. The van der Waals surface area contributed by atoms with Crippen molar-refractivity contribution < 1.29 is 18.7 Å². The Morgan fingerprint density at radius 1 is 1.16 bits per heavy atom. The quantitative estimate of drug-likeness (QED) is 0.375. The molecule has 0 aliphatic heterocycles.